The van der Waals surface area contributed by atoms with Gasteiger partial charge in [0.1, 0.15) is 0 Å². The van der Waals surface area contributed by atoms with Crippen LogP contribution in [0.5, 0.6) is 0 Å². The zero-order valence-electron chi connectivity index (χ0n) is 10.3. The predicted molar refractivity (Wildman–Crippen MR) is 70.4 cm³/mol. The standard InChI is InChI=1S/C15H21NO/c1-4-7-8-9-16-14-12(6-3)10-11(5-2)13(14)15(16)17/h4-6,11-14H,1-3,7-10H2/t11-,12+,13+,14-/m1/s1. The highest BCUT2D eigenvalue weighted by molar-refractivity contribution is 5.87. The van der Waals surface area contributed by atoms with Crippen molar-refractivity contribution < 1.29 is 4.79 Å². The van der Waals surface area contributed by atoms with Crippen molar-refractivity contribution in [2.75, 3.05) is 6.54 Å². The summed E-state index contributed by atoms with van der Waals surface area (Å²) in [7, 11) is 0. The lowest BCUT2D eigenvalue weighted by Gasteiger charge is -2.47. The van der Waals surface area contributed by atoms with Crippen molar-refractivity contribution in [1.82, 2.24) is 4.90 Å². The number of allylic oxidation sites excluding steroid dienone is 2. The zero-order valence-corrected chi connectivity index (χ0v) is 10.3. The molecule has 0 aromatic heterocycles. The van der Waals surface area contributed by atoms with Crippen LogP contribution in [0.1, 0.15) is 19.3 Å². The highest BCUT2D eigenvalue weighted by Gasteiger charge is 2.57. The van der Waals surface area contributed by atoms with Crippen LogP contribution >= 0.6 is 0 Å². The molecule has 92 valence electrons. The van der Waals surface area contributed by atoms with Crippen molar-refractivity contribution in [2.45, 2.75) is 25.3 Å². The maximum absolute atomic E-state index is 12.1. The molecule has 0 bridgehead atoms. The van der Waals surface area contributed by atoms with Gasteiger partial charge in [-0.1, -0.05) is 18.2 Å². The molecule has 0 radical (unpaired) electrons. The van der Waals surface area contributed by atoms with Crippen LogP contribution in [-0.2, 0) is 4.79 Å². The van der Waals surface area contributed by atoms with E-state index in [0.717, 1.165) is 25.8 Å². The van der Waals surface area contributed by atoms with Crippen molar-refractivity contribution in [3.8, 4) is 0 Å². The summed E-state index contributed by atoms with van der Waals surface area (Å²) < 4.78 is 0. The van der Waals surface area contributed by atoms with E-state index < -0.39 is 0 Å². The van der Waals surface area contributed by atoms with Crippen LogP contribution in [0.15, 0.2) is 38.0 Å². The number of likely N-dealkylation sites (tertiary alicyclic amines) is 1. The van der Waals surface area contributed by atoms with Crippen molar-refractivity contribution in [3.05, 3.63) is 38.0 Å². The fourth-order valence-corrected chi connectivity index (χ4v) is 3.27. The van der Waals surface area contributed by atoms with E-state index in [-0.39, 0.29) is 5.92 Å². The minimum Gasteiger partial charge on any atom is -0.338 e. The normalized spacial score (nSPS) is 35.1. The third-order valence-electron chi connectivity index (χ3n) is 4.15. The maximum atomic E-state index is 12.1. The average Bonchev–Trinajstić information content (AvgIpc) is 2.69. The lowest BCUT2D eigenvalue weighted by molar-refractivity contribution is -0.156. The Morgan fingerprint density at radius 1 is 1.24 bits per heavy atom. The topological polar surface area (TPSA) is 20.3 Å². The molecule has 0 spiro atoms. The van der Waals surface area contributed by atoms with Crippen molar-refractivity contribution in [1.29, 1.82) is 0 Å². The first-order chi connectivity index (χ1) is 8.24. The minimum absolute atomic E-state index is 0.180. The Kier molecular flexibility index (Phi) is 3.51. The van der Waals surface area contributed by atoms with Gasteiger partial charge in [-0.25, -0.2) is 0 Å². The number of β-lactam (4-membered cyclic amide) rings is 1. The molecule has 0 unspecified atom stereocenters. The zero-order chi connectivity index (χ0) is 12.4. The first-order valence-corrected chi connectivity index (χ1v) is 6.41. The van der Waals surface area contributed by atoms with Crippen LogP contribution in [0.4, 0.5) is 0 Å². The Balaban J connectivity index is 2.02. The van der Waals surface area contributed by atoms with Gasteiger partial charge in [0, 0.05) is 6.54 Å². The van der Waals surface area contributed by atoms with E-state index in [1.54, 1.807) is 0 Å². The number of carbonyl (C=O) groups is 1. The molecule has 1 saturated carbocycles. The van der Waals surface area contributed by atoms with E-state index in [9.17, 15) is 4.79 Å². The molecule has 0 aromatic rings. The van der Waals surface area contributed by atoms with Crippen molar-refractivity contribution >= 4 is 5.91 Å². The Bertz CT molecular complexity index is 347. The van der Waals surface area contributed by atoms with Gasteiger partial charge >= 0.3 is 0 Å². The number of fused-ring (bicyclic) bond motifs is 1. The molecule has 2 fully saturated rings. The average molecular weight is 231 g/mol. The Labute approximate surface area is 104 Å². The fourth-order valence-electron chi connectivity index (χ4n) is 3.27. The van der Waals surface area contributed by atoms with E-state index >= 15 is 0 Å². The number of rotatable bonds is 6. The maximum Gasteiger partial charge on any atom is 0.228 e. The summed E-state index contributed by atoms with van der Waals surface area (Å²) in [5, 5.41) is 0. The van der Waals surface area contributed by atoms with Crippen LogP contribution < -0.4 is 0 Å². The summed E-state index contributed by atoms with van der Waals surface area (Å²) in [4.78, 5) is 14.1. The van der Waals surface area contributed by atoms with Gasteiger partial charge in [0.15, 0.2) is 0 Å². The highest BCUT2D eigenvalue weighted by atomic mass is 16.2. The molecular weight excluding hydrogens is 210 g/mol. The molecule has 1 saturated heterocycles. The number of hydrogen-bond donors (Lipinski definition) is 0. The molecule has 2 aliphatic rings. The lowest BCUT2D eigenvalue weighted by atomic mass is 9.82. The molecular formula is C15H21NO. The Morgan fingerprint density at radius 2 is 1.94 bits per heavy atom. The van der Waals surface area contributed by atoms with Crippen molar-refractivity contribution in [3.63, 3.8) is 0 Å². The molecule has 0 N–H and O–H groups in total. The number of hydrogen-bond acceptors (Lipinski definition) is 1. The van der Waals surface area contributed by atoms with E-state index in [1.807, 2.05) is 23.1 Å². The third-order valence-corrected chi connectivity index (χ3v) is 4.15. The molecule has 2 nitrogen and oxygen atoms in total. The summed E-state index contributed by atoms with van der Waals surface area (Å²) in [5.74, 6) is 1.29. The van der Waals surface area contributed by atoms with E-state index in [1.165, 1.54) is 0 Å². The van der Waals surface area contributed by atoms with Gasteiger partial charge in [0.2, 0.25) is 5.91 Å². The number of nitrogens with zero attached hydrogens (tertiary/aromatic N) is 1. The SMILES string of the molecule is C=CCCCN1C(=O)[C@@H]2[C@H]1[C@@H](C=C)C[C@H]2C=C. The molecule has 1 heterocycles. The summed E-state index contributed by atoms with van der Waals surface area (Å²) >= 11 is 0. The van der Waals surface area contributed by atoms with Gasteiger partial charge in [-0.15, -0.1) is 19.7 Å². The molecule has 0 aromatic carbocycles. The molecule has 4 atom stereocenters. The van der Waals surface area contributed by atoms with Gasteiger partial charge in [-0.05, 0) is 31.1 Å². The largest absolute Gasteiger partial charge is 0.338 e. The molecule has 17 heavy (non-hydrogen) atoms. The van der Waals surface area contributed by atoms with Crippen LogP contribution in [0.3, 0.4) is 0 Å². The van der Waals surface area contributed by atoms with Gasteiger partial charge in [-0.2, -0.15) is 0 Å². The summed E-state index contributed by atoms with van der Waals surface area (Å²) in [6, 6.07) is 0.382. The molecule has 1 aliphatic heterocycles. The minimum atomic E-state index is 0.180. The van der Waals surface area contributed by atoms with Gasteiger partial charge in [0.25, 0.3) is 0 Å². The van der Waals surface area contributed by atoms with Gasteiger partial charge in [-0.3, -0.25) is 4.79 Å². The van der Waals surface area contributed by atoms with Gasteiger partial charge in [0.05, 0.1) is 12.0 Å². The molecule has 2 rings (SSSR count). The summed E-state index contributed by atoms with van der Waals surface area (Å²) in [6.07, 6.45) is 8.89. The molecule has 2 heteroatoms. The number of amides is 1. The monoisotopic (exact) mass is 231 g/mol. The number of carbonyl (C=O) groups excluding carboxylic acids is 1. The second kappa shape index (κ2) is 4.91. The quantitative estimate of drug-likeness (QED) is 0.391. The van der Waals surface area contributed by atoms with Crippen LogP contribution in [0.25, 0.3) is 0 Å². The summed E-state index contributed by atoms with van der Waals surface area (Å²) in [5.41, 5.74) is 0. The van der Waals surface area contributed by atoms with Crippen LogP contribution in [0, 0.1) is 17.8 Å². The lowest BCUT2D eigenvalue weighted by Crippen LogP contribution is -2.61. The predicted octanol–water partition coefficient (Wildman–Crippen LogP) is 2.79. The second-order valence-corrected chi connectivity index (χ2v) is 5.01. The van der Waals surface area contributed by atoms with Crippen LogP contribution in [0.2, 0.25) is 0 Å². The first kappa shape index (κ1) is 12.2. The van der Waals surface area contributed by atoms with Gasteiger partial charge < -0.3 is 4.90 Å². The first-order valence-electron chi connectivity index (χ1n) is 6.41. The second-order valence-electron chi connectivity index (χ2n) is 5.01. The highest BCUT2D eigenvalue weighted by Crippen LogP contribution is 2.48. The smallest absolute Gasteiger partial charge is 0.228 e. The summed E-state index contributed by atoms with van der Waals surface area (Å²) in [6.45, 7) is 12.3. The van der Waals surface area contributed by atoms with E-state index in [2.05, 4.69) is 19.7 Å². The number of unbranched alkanes of at least 4 members (excludes halogenated alkanes) is 1. The molecule has 1 amide bonds. The third kappa shape index (κ3) is 1.86. The van der Waals surface area contributed by atoms with Crippen molar-refractivity contribution in [2.24, 2.45) is 17.8 Å². The Hall–Kier alpha value is -1.31. The Morgan fingerprint density at radius 3 is 2.53 bits per heavy atom. The van der Waals surface area contributed by atoms with E-state index in [4.69, 9.17) is 0 Å². The van der Waals surface area contributed by atoms with E-state index in [0.29, 0.717) is 23.8 Å². The van der Waals surface area contributed by atoms with Crippen LogP contribution in [-0.4, -0.2) is 23.4 Å². The fraction of sp³-hybridized carbons (Fsp3) is 0.533. The molecule has 1 aliphatic carbocycles.